The molecular formula is C18H21FN6O. The van der Waals surface area contributed by atoms with E-state index in [0.717, 1.165) is 18.4 Å². The average molecular weight is 356 g/mol. The number of aromatic nitrogens is 2. The fraction of sp³-hybridized carbons (Fsp3) is 0.389. The number of carbonyl (C=O) groups excluding carboxylic acids is 1. The van der Waals surface area contributed by atoms with Crippen molar-refractivity contribution in [3.05, 3.63) is 41.3 Å². The Labute approximate surface area is 150 Å². The summed E-state index contributed by atoms with van der Waals surface area (Å²) >= 11 is 0. The minimum absolute atomic E-state index is 0.0426. The molecule has 2 unspecified atom stereocenters. The molecule has 2 heterocycles. The molecule has 2 amide bonds. The number of nitrogens with zero attached hydrogens (tertiary/aromatic N) is 4. The maximum absolute atomic E-state index is 14.5. The van der Waals surface area contributed by atoms with E-state index in [0.29, 0.717) is 17.8 Å². The van der Waals surface area contributed by atoms with Crippen LogP contribution in [0.3, 0.4) is 0 Å². The van der Waals surface area contributed by atoms with Crippen LogP contribution in [0.2, 0.25) is 0 Å². The van der Waals surface area contributed by atoms with Gasteiger partial charge in [0.05, 0.1) is 12.2 Å². The highest BCUT2D eigenvalue weighted by Gasteiger charge is 2.40. The average Bonchev–Trinajstić information content (AvgIpc) is 3.01. The number of anilines is 3. The standard InChI is InChI=1S/C18H21FN6O/c1-10-3-2-4-14(19)15(10)24-9-11-8-22-17(21)23-16(11)25(18(24)26)13-6-5-12(20)7-13/h2-4,8,12-13H,5-7,9,20H2,1H3,(H2,21,22,23). The Balaban J connectivity index is 1.83. The van der Waals surface area contributed by atoms with E-state index < -0.39 is 5.82 Å². The quantitative estimate of drug-likeness (QED) is 0.860. The number of hydrogen-bond donors (Lipinski definition) is 2. The lowest BCUT2D eigenvalue weighted by Gasteiger charge is -2.39. The SMILES string of the molecule is Cc1cccc(F)c1N1Cc2cnc(N)nc2N(C2CCC(N)C2)C1=O. The first-order chi connectivity index (χ1) is 12.5. The highest BCUT2D eigenvalue weighted by Crippen LogP contribution is 2.37. The second-order valence-corrected chi connectivity index (χ2v) is 6.95. The third kappa shape index (κ3) is 2.66. The molecule has 4 rings (SSSR count). The van der Waals surface area contributed by atoms with Gasteiger partial charge in [0.2, 0.25) is 5.95 Å². The molecule has 0 bridgehead atoms. The second-order valence-electron chi connectivity index (χ2n) is 6.95. The number of amides is 2. The van der Waals surface area contributed by atoms with Gasteiger partial charge in [-0.25, -0.2) is 14.2 Å². The van der Waals surface area contributed by atoms with Crippen LogP contribution in [0.5, 0.6) is 0 Å². The molecule has 2 aromatic rings. The zero-order valence-corrected chi connectivity index (χ0v) is 14.5. The second kappa shape index (κ2) is 6.21. The lowest BCUT2D eigenvalue weighted by molar-refractivity contribution is 0.247. The van der Waals surface area contributed by atoms with Crippen molar-refractivity contribution < 1.29 is 9.18 Å². The number of nitrogens with two attached hydrogens (primary N) is 2. The summed E-state index contributed by atoms with van der Waals surface area (Å²) in [6.45, 7) is 1.99. The number of carbonyl (C=O) groups is 1. The lowest BCUT2D eigenvalue weighted by Crippen LogP contribution is -2.52. The Hall–Kier alpha value is -2.74. The van der Waals surface area contributed by atoms with Gasteiger partial charge in [0.25, 0.3) is 0 Å². The van der Waals surface area contributed by atoms with Crippen molar-refractivity contribution in [1.82, 2.24) is 9.97 Å². The van der Waals surface area contributed by atoms with Crippen LogP contribution in [-0.2, 0) is 6.54 Å². The smallest absolute Gasteiger partial charge is 0.330 e. The number of benzene rings is 1. The van der Waals surface area contributed by atoms with Crippen LogP contribution in [0, 0.1) is 12.7 Å². The topological polar surface area (TPSA) is 101 Å². The van der Waals surface area contributed by atoms with Crippen LogP contribution in [0.4, 0.5) is 26.6 Å². The Morgan fingerprint density at radius 2 is 2.12 bits per heavy atom. The summed E-state index contributed by atoms with van der Waals surface area (Å²) in [5.74, 6) is 0.187. The van der Waals surface area contributed by atoms with Crippen LogP contribution < -0.4 is 21.3 Å². The van der Waals surface area contributed by atoms with Crippen LogP contribution in [0.25, 0.3) is 0 Å². The number of rotatable bonds is 2. The lowest BCUT2D eigenvalue weighted by atomic mass is 10.1. The summed E-state index contributed by atoms with van der Waals surface area (Å²) in [5, 5.41) is 0. The van der Waals surface area contributed by atoms with Crippen LogP contribution >= 0.6 is 0 Å². The molecule has 1 aromatic heterocycles. The highest BCUT2D eigenvalue weighted by atomic mass is 19.1. The number of nitrogen functional groups attached to an aromatic ring is 1. The molecular weight excluding hydrogens is 335 g/mol. The molecule has 0 spiro atoms. The van der Waals surface area contributed by atoms with Crippen molar-refractivity contribution in [2.24, 2.45) is 5.73 Å². The molecule has 136 valence electrons. The first-order valence-electron chi connectivity index (χ1n) is 8.68. The van der Waals surface area contributed by atoms with Crippen LogP contribution in [0.15, 0.2) is 24.4 Å². The summed E-state index contributed by atoms with van der Waals surface area (Å²) in [4.78, 5) is 24.8. The maximum atomic E-state index is 14.5. The molecule has 1 aliphatic heterocycles. The van der Waals surface area contributed by atoms with Gasteiger partial charge in [0.1, 0.15) is 11.6 Å². The fourth-order valence-electron chi connectivity index (χ4n) is 3.88. The van der Waals surface area contributed by atoms with E-state index in [1.54, 1.807) is 30.2 Å². The monoisotopic (exact) mass is 356 g/mol. The van der Waals surface area contributed by atoms with Gasteiger partial charge in [0, 0.05) is 23.8 Å². The third-order valence-electron chi connectivity index (χ3n) is 5.12. The molecule has 2 atom stereocenters. The predicted octanol–water partition coefficient (Wildman–Crippen LogP) is 2.33. The highest BCUT2D eigenvalue weighted by molar-refractivity contribution is 6.06. The van der Waals surface area contributed by atoms with E-state index in [2.05, 4.69) is 9.97 Å². The zero-order chi connectivity index (χ0) is 18.4. The van der Waals surface area contributed by atoms with Crippen molar-refractivity contribution in [1.29, 1.82) is 0 Å². The molecule has 7 nitrogen and oxygen atoms in total. The Kier molecular flexibility index (Phi) is 3.99. The van der Waals surface area contributed by atoms with E-state index >= 15 is 0 Å². The molecule has 1 aromatic carbocycles. The number of para-hydroxylation sites is 1. The van der Waals surface area contributed by atoms with Gasteiger partial charge in [-0.1, -0.05) is 12.1 Å². The minimum Gasteiger partial charge on any atom is -0.368 e. The first kappa shape index (κ1) is 16.7. The Morgan fingerprint density at radius 1 is 1.31 bits per heavy atom. The number of hydrogen-bond acceptors (Lipinski definition) is 5. The van der Waals surface area contributed by atoms with E-state index in [4.69, 9.17) is 11.5 Å². The van der Waals surface area contributed by atoms with E-state index in [1.807, 2.05) is 0 Å². The largest absolute Gasteiger partial charge is 0.368 e. The van der Waals surface area contributed by atoms with E-state index in [1.165, 1.54) is 11.0 Å². The predicted molar refractivity (Wildman–Crippen MR) is 97.3 cm³/mol. The summed E-state index contributed by atoms with van der Waals surface area (Å²) < 4.78 is 14.5. The summed E-state index contributed by atoms with van der Waals surface area (Å²) in [7, 11) is 0. The molecule has 1 fully saturated rings. The van der Waals surface area contributed by atoms with Gasteiger partial charge in [-0.2, -0.15) is 4.98 Å². The van der Waals surface area contributed by atoms with Crippen molar-refractivity contribution in [2.45, 2.75) is 44.8 Å². The first-order valence-corrected chi connectivity index (χ1v) is 8.68. The normalized spacial score (nSPS) is 22.7. The molecule has 1 aliphatic carbocycles. The number of urea groups is 1. The van der Waals surface area contributed by atoms with Crippen LogP contribution in [0.1, 0.15) is 30.4 Å². The van der Waals surface area contributed by atoms with Crippen molar-refractivity contribution in [2.75, 3.05) is 15.5 Å². The molecule has 1 saturated carbocycles. The van der Waals surface area contributed by atoms with Gasteiger partial charge >= 0.3 is 6.03 Å². The maximum Gasteiger partial charge on any atom is 0.330 e. The van der Waals surface area contributed by atoms with E-state index in [9.17, 15) is 9.18 Å². The number of aryl methyl sites for hydroxylation is 1. The van der Waals surface area contributed by atoms with Crippen molar-refractivity contribution in [3.8, 4) is 0 Å². The van der Waals surface area contributed by atoms with Gasteiger partial charge in [-0.3, -0.25) is 9.80 Å². The Morgan fingerprint density at radius 3 is 2.81 bits per heavy atom. The molecule has 26 heavy (non-hydrogen) atoms. The van der Waals surface area contributed by atoms with Crippen molar-refractivity contribution >= 4 is 23.5 Å². The summed E-state index contributed by atoms with van der Waals surface area (Å²) in [6.07, 6.45) is 3.90. The molecule has 8 heteroatoms. The number of halogens is 1. The Bertz CT molecular complexity index is 853. The van der Waals surface area contributed by atoms with Crippen molar-refractivity contribution in [3.63, 3.8) is 0 Å². The van der Waals surface area contributed by atoms with Gasteiger partial charge in [0.15, 0.2) is 0 Å². The van der Waals surface area contributed by atoms with Crippen LogP contribution in [-0.4, -0.2) is 28.1 Å². The molecule has 0 radical (unpaired) electrons. The van der Waals surface area contributed by atoms with Gasteiger partial charge in [-0.05, 0) is 37.8 Å². The van der Waals surface area contributed by atoms with Gasteiger partial charge in [-0.15, -0.1) is 0 Å². The summed E-state index contributed by atoms with van der Waals surface area (Å²) in [6, 6.07) is 4.44. The van der Waals surface area contributed by atoms with E-state index in [-0.39, 0.29) is 36.3 Å². The number of fused-ring (bicyclic) bond motifs is 1. The third-order valence-corrected chi connectivity index (χ3v) is 5.12. The molecule has 4 N–H and O–H groups in total. The molecule has 2 aliphatic rings. The summed E-state index contributed by atoms with van der Waals surface area (Å²) in [5.41, 5.74) is 13.5. The fourth-order valence-corrected chi connectivity index (χ4v) is 3.88. The van der Waals surface area contributed by atoms with Gasteiger partial charge < -0.3 is 11.5 Å². The zero-order valence-electron chi connectivity index (χ0n) is 14.5. The minimum atomic E-state index is -0.429. The molecule has 0 saturated heterocycles.